The summed E-state index contributed by atoms with van der Waals surface area (Å²) in [5.41, 5.74) is -0.427. The van der Waals surface area contributed by atoms with Gasteiger partial charge in [0, 0.05) is 7.05 Å². The molecule has 1 aliphatic carbocycles. The summed E-state index contributed by atoms with van der Waals surface area (Å²) >= 11 is 0. The lowest BCUT2D eigenvalue weighted by Gasteiger charge is -2.49. The molecule has 1 N–H and O–H groups in total. The zero-order chi connectivity index (χ0) is 11.9. The van der Waals surface area contributed by atoms with E-state index in [0.29, 0.717) is 11.8 Å². The van der Waals surface area contributed by atoms with Crippen LogP contribution in [0.5, 0.6) is 0 Å². The summed E-state index contributed by atoms with van der Waals surface area (Å²) < 4.78 is 0. The van der Waals surface area contributed by atoms with Crippen LogP contribution in [-0.4, -0.2) is 40.3 Å². The first kappa shape index (κ1) is 11.9. The fraction of sp³-hybridized carbons (Fsp3) is 0.917. The second kappa shape index (κ2) is 4.00. The Hall–Kier alpha value is -0.610. The molecular weight excluding hydrogens is 204 g/mol. The number of hydrogen-bond donors (Lipinski definition) is 1. The summed E-state index contributed by atoms with van der Waals surface area (Å²) in [5.74, 6) is 1.01. The SMILES string of the molecule is CC[C@@H]1CC[C@@H](C)C[C@]12N(O)CC(=O)N2C. The van der Waals surface area contributed by atoms with Gasteiger partial charge in [-0.25, -0.2) is 0 Å². The summed E-state index contributed by atoms with van der Waals surface area (Å²) in [6.45, 7) is 4.50. The molecule has 0 aromatic carbocycles. The fourth-order valence-corrected chi connectivity index (χ4v) is 3.52. The van der Waals surface area contributed by atoms with Crippen molar-refractivity contribution in [2.24, 2.45) is 11.8 Å². The number of carbonyl (C=O) groups is 1. The molecule has 0 unspecified atom stereocenters. The van der Waals surface area contributed by atoms with Gasteiger partial charge < -0.3 is 10.1 Å². The zero-order valence-corrected chi connectivity index (χ0v) is 10.4. The van der Waals surface area contributed by atoms with Crippen molar-refractivity contribution in [3.63, 3.8) is 0 Å². The van der Waals surface area contributed by atoms with Crippen LogP contribution < -0.4 is 0 Å². The van der Waals surface area contributed by atoms with Gasteiger partial charge in [0.25, 0.3) is 0 Å². The Morgan fingerprint density at radius 3 is 2.69 bits per heavy atom. The molecule has 16 heavy (non-hydrogen) atoms. The second-order valence-corrected chi connectivity index (χ2v) is 5.38. The molecule has 0 aromatic heterocycles. The average Bonchev–Trinajstić information content (AvgIpc) is 2.45. The van der Waals surface area contributed by atoms with E-state index in [2.05, 4.69) is 13.8 Å². The number of nitrogens with zero attached hydrogens (tertiary/aromatic N) is 2. The van der Waals surface area contributed by atoms with E-state index in [1.54, 1.807) is 4.90 Å². The van der Waals surface area contributed by atoms with Crippen LogP contribution in [0.15, 0.2) is 0 Å². The highest BCUT2D eigenvalue weighted by Crippen LogP contribution is 2.46. The van der Waals surface area contributed by atoms with Crippen molar-refractivity contribution >= 4 is 5.91 Å². The van der Waals surface area contributed by atoms with E-state index in [0.717, 1.165) is 19.3 Å². The quantitative estimate of drug-likeness (QED) is 0.740. The third-order valence-corrected chi connectivity index (χ3v) is 4.49. The molecule has 4 heteroatoms. The van der Waals surface area contributed by atoms with Gasteiger partial charge in [0.05, 0.1) is 0 Å². The van der Waals surface area contributed by atoms with Crippen molar-refractivity contribution in [2.75, 3.05) is 13.6 Å². The maximum Gasteiger partial charge on any atom is 0.240 e. The van der Waals surface area contributed by atoms with Crippen molar-refractivity contribution in [1.29, 1.82) is 0 Å². The molecule has 4 nitrogen and oxygen atoms in total. The highest BCUT2D eigenvalue weighted by Gasteiger charge is 2.55. The second-order valence-electron chi connectivity index (χ2n) is 5.38. The van der Waals surface area contributed by atoms with Gasteiger partial charge in [-0.1, -0.05) is 20.3 Å². The van der Waals surface area contributed by atoms with Crippen LogP contribution in [0, 0.1) is 11.8 Å². The van der Waals surface area contributed by atoms with E-state index < -0.39 is 5.66 Å². The number of hydroxylamine groups is 2. The molecule has 1 spiro atoms. The van der Waals surface area contributed by atoms with E-state index in [1.165, 1.54) is 11.5 Å². The third-order valence-electron chi connectivity index (χ3n) is 4.49. The van der Waals surface area contributed by atoms with Crippen LogP contribution in [-0.2, 0) is 4.79 Å². The highest BCUT2D eigenvalue weighted by molar-refractivity contribution is 5.81. The summed E-state index contributed by atoms with van der Waals surface area (Å²) in [4.78, 5) is 13.5. The van der Waals surface area contributed by atoms with Crippen molar-refractivity contribution in [3.8, 4) is 0 Å². The van der Waals surface area contributed by atoms with Gasteiger partial charge in [0.15, 0.2) is 0 Å². The van der Waals surface area contributed by atoms with Gasteiger partial charge in [0.1, 0.15) is 12.2 Å². The van der Waals surface area contributed by atoms with Crippen molar-refractivity contribution in [2.45, 2.75) is 45.2 Å². The van der Waals surface area contributed by atoms with Gasteiger partial charge >= 0.3 is 0 Å². The molecule has 0 aromatic rings. The van der Waals surface area contributed by atoms with Crippen molar-refractivity contribution < 1.29 is 10.0 Å². The lowest BCUT2D eigenvalue weighted by Crippen LogP contribution is -2.59. The maximum absolute atomic E-state index is 11.8. The van der Waals surface area contributed by atoms with Gasteiger partial charge in [0.2, 0.25) is 5.91 Å². The molecule has 1 amide bonds. The van der Waals surface area contributed by atoms with Gasteiger partial charge in [-0.2, -0.15) is 5.06 Å². The molecule has 3 atom stereocenters. The zero-order valence-electron chi connectivity index (χ0n) is 10.4. The topological polar surface area (TPSA) is 43.8 Å². The molecule has 2 rings (SSSR count). The van der Waals surface area contributed by atoms with Crippen LogP contribution in [0.2, 0.25) is 0 Å². The number of amides is 1. The van der Waals surface area contributed by atoms with Crippen molar-refractivity contribution in [3.05, 3.63) is 0 Å². The lowest BCUT2D eigenvalue weighted by molar-refractivity contribution is -0.220. The molecule has 2 aliphatic rings. The Morgan fingerprint density at radius 1 is 1.50 bits per heavy atom. The molecule has 0 bridgehead atoms. The minimum absolute atomic E-state index is 0.0371. The smallest absolute Gasteiger partial charge is 0.240 e. The molecule has 2 fully saturated rings. The summed E-state index contributed by atoms with van der Waals surface area (Å²) in [7, 11) is 1.83. The van der Waals surface area contributed by atoms with Gasteiger partial charge in [-0.05, 0) is 31.1 Å². The first-order chi connectivity index (χ1) is 7.52. The fourth-order valence-electron chi connectivity index (χ4n) is 3.52. The molecule has 1 heterocycles. The van der Waals surface area contributed by atoms with Crippen LogP contribution >= 0.6 is 0 Å². The first-order valence-electron chi connectivity index (χ1n) is 6.25. The minimum atomic E-state index is -0.427. The summed E-state index contributed by atoms with van der Waals surface area (Å²) in [5, 5.41) is 11.4. The van der Waals surface area contributed by atoms with E-state index in [1.807, 2.05) is 7.05 Å². The highest BCUT2D eigenvalue weighted by atomic mass is 16.5. The Kier molecular flexibility index (Phi) is 2.97. The number of carbonyl (C=O) groups excluding carboxylic acids is 1. The Morgan fingerprint density at radius 2 is 2.19 bits per heavy atom. The molecule has 0 radical (unpaired) electrons. The molecule has 92 valence electrons. The van der Waals surface area contributed by atoms with Crippen molar-refractivity contribution in [1.82, 2.24) is 9.96 Å². The third kappa shape index (κ3) is 1.47. The predicted octanol–water partition coefficient (Wildman–Crippen LogP) is 1.69. The average molecular weight is 226 g/mol. The molecule has 1 saturated heterocycles. The Labute approximate surface area is 97.2 Å². The standard InChI is InChI=1S/C12H22N2O2/c1-4-10-6-5-9(2)7-12(10)13(3)11(15)8-14(12)16/h9-10,16H,4-8H2,1-3H3/t9-,10-,12+/m1/s1. The Balaban J connectivity index is 2.34. The minimum Gasteiger partial charge on any atom is -0.324 e. The largest absolute Gasteiger partial charge is 0.324 e. The van der Waals surface area contributed by atoms with E-state index in [-0.39, 0.29) is 12.5 Å². The predicted molar refractivity (Wildman–Crippen MR) is 60.8 cm³/mol. The number of likely N-dealkylation sites (N-methyl/N-ethyl adjacent to an activating group) is 1. The van der Waals surface area contributed by atoms with Gasteiger partial charge in [-0.15, -0.1) is 0 Å². The maximum atomic E-state index is 11.8. The lowest BCUT2D eigenvalue weighted by atomic mass is 9.72. The Bertz CT molecular complexity index is 295. The molecular formula is C12H22N2O2. The normalized spacial score (nSPS) is 41.0. The molecule has 1 saturated carbocycles. The van der Waals surface area contributed by atoms with Crippen LogP contribution in [0.1, 0.15) is 39.5 Å². The van der Waals surface area contributed by atoms with E-state index in [4.69, 9.17) is 0 Å². The van der Waals surface area contributed by atoms with E-state index in [9.17, 15) is 10.0 Å². The molecule has 1 aliphatic heterocycles. The van der Waals surface area contributed by atoms with Crippen LogP contribution in [0.3, 0.4) is 0 Å². The first-order valence-corrected chi connectivity index (χ1v) is 6.25. The summed E-state index contributed by atoms with van der Waals surface area (Å²) in [6, 6.07) is 0. The number of hydrogen-bond acceptors (Lipinski definition) is 3. The van der Waals surface area contributed by atoms with Crippen LogP contribution in [0.25, 0.3) is 0 Å². The summed E-state index contributed by atoms with van der Waals surface area (Å²) in [6.07, 6.45) is 4.22. The van der Waals surface area contributed by atoms with E-state index >= 15 is 0 Å². The number of rotatable bonds is 1. The monoisotopic (exact) mass is 226 g/mol. The van der Waals surface area contributed by atoms with Gasteiger partial charge in [-0.3, -0.25) is 4.79 Å². The van der Waals surface area contributed by atoms with Crippen LogP contribution in [0.4, 0.5) is 0 Å².